The van der Waals surface area contributed by atoms with Gasteiger partial charge in [-0.25, -0.2) is 0 Å². The lowest BCUT2D eigenvalue weighted by molar-refractivity contribution is -0.184. The number of piperidine rings is 1. The number of aryl methyl sites for hydroxylation is 1. The van der Waals surface area contributed by atoms with E-state index in [1.807, 2.05) is 27.9 Å². The molecule has 0 radical (unpaired) electrons. The number of aromatic nitrogens is 3. The summed E-state index contributed by atoms with van der Waals surface area (Å²) in [4.78, 5) is 21.6. The number of rotatable bonds is 9. The van der Waals surface area contributed by atoms with Crippen LogP contribution in [0.15, 0.2) is 36.9 Å². The number of carbonyl (C=O) groups excluding carboxylic acids is 1. The first-order valence-electron chi connectivity index (χ1n) is 10.8. The number of likely N-dealkylation sites (tertiary alicyclic amines) is 2. The zero-order chi connectivity index (χ0) is 20.9. The number of nitrogens with zero attached hydrogens (tertiary/aromatic N) is 5. The van der Waals surface area contributed by atoms with Gasteiger partial charge in [-0.15, -0.1) is 0 Å². The molecule has 2 atom stereocenters. The Balaban J connectivity index is 1.38. The lowest BCUT2D eigenvalue weighted by Gasteiger charge is -2.52. The Labute approximate surface area is 177 Å². The molecule has 2 aliphatic heterocycles. The van der Waals surface area contributed by atoms with Crippen molar-refractivity contribution in [3.63, 3.8) is 0 Å². The molecule has 1 amide bonds. The van der Waals surface area contributed by atoms with E-state index in [0.29, 0.717) is 13.2 Å². The Kier molecular flexibility index (Phi) is 6.76. The summed E-state index contributed by atoms with van der Waals surface area (Å²) in [6, 6.07) is 4.17. The third-order valence-electron chi connectivity index (χ3n) is 6.08. The Morgan fingerprint density at radius 1 is 1.17 bits per heavy atom. The second-order valence-corrected chi connectivity index (χ2v) is 7.97. The summed E-state index contributed by atoms with van der Waals surface area (Å²) in [7, 11) is 1.64. The highest BCUT2D eigenvalue weighted by atomic mass is 16.5. The smallest absolute Gasteiger partial charge is 0.255 e. The van der Waals surface area contributed by atoms with Crippen LogP contribution >= 0.6 is 0 Å². The van der Waals surface area contributed by atoms with Gasteiger partial charge in [-0.1, -0.05) is 0 Å². The van der Waals surface area contributed by atoms with Gasteiger partial charge < -0.3 is 14.4 Å². The van der Waals surface area contributed by atoms with E-state index in [1.54, 1.807) is 19.5 Å². The topological polar surface area (TPSA) is 72.7 Å². The van der Waals surface area contributed by atoms with Crippen molar-refractivity contribution >= 4 is 5.91 Å². The van der Waals surface area contributed by atoms with Crippen LogP contribution in [-0.2, 0) is 27.4 Å². The van der Waals surface area contributed by atoms with Crippen molar-refractivity contribution in [1.29, 1.82) is 0 Å². The van der Waals surface area contributed by atoms with Gasteiger partial charge in [0.2, 0.25) is 0 Å². The van der Waals surface area contributed by atoms with E-state index in [2.05, 4.69) is 28.1 Å². The summed E-state index contributed by atoms with van der Waals surface area (Å²) in [6.07, 6.45) is 9.14. The molecule has 2 aromatic rings. The lowest BCUT2D eigenvalue weighted by atomic mass is 9.86. The Morgan fingerprint density at radius 2 is 1.93 bits per heavy atom. The first kappa shape index (κ1) is 21.0. The molecule has 0 bridgehead atoms. The van der Waals surface area contributed by atoms with Gasteiger partial charge in [0, 0.05) is 63.5 Å². The molecule has 162 valence electrons. The van der Waals surface area contributed by atoms with E-state index in [4.69, 9.17) is 9.47 Å². The molecular weight excluding hydrogens is 382 g/mol. The monoisotopic (exact) mass is 413 g/mol. The zero-order valence-corrected chi connectivity index (χ0v) is 17.8. The Hall–Kier alpha value is -2.29. The molecule has 0 N–H and O–H groups in total. The van der Waals surface area contributed by atoms with Gasteiger partial charge in [-0.2, -0.15) is 5.10 Å². The van der Waals surface area contributed by atoms with Crippen LogP contribution in [0.3, 0.4) is 0 Å². The largest absolute Gasteiger partial charge is 0.382 e. The minimum atomic E-state index is -0.430. The summed E-state index contributed by atoms with van der Waals surface area (Å²) in [5.41, 5.74) is 2.33. The van der Waals surface area contributed by atoms with Gasteiger partial charge in [-0.3, -0.25) is 19.4 Å². The number of β-lactam (4-membered cyclic amide) rings is 1. The Morgan fingerprint density at radius 3 is 2.60 bits per heavy atom. The zero-order valence-electron chi connectivity index (χ0n) is 17.8. The number of carbonyl (C=O) groups is 1. The molecule has 2 saturated heterocycles. The number of methoxy groups -OCH3 is 1. The van der Waals surface area contributed by atoms with Gasteiger partial charge in [0.25, 0.3) is 5.91 Å². The first-order chi connectivity index (χ1) is 14.7. The minimum absolute atomic E-state index is 0.0447. The van der Waals surface area contributed by atoms with E-state index in [9.17, 15) is 4.79 Å². The number of amides is 1. The van der Waals surface area contributed by atoms with Crippen LogP contribution in [-0.4, -0.2) is 76.0 Å². The molecule has 0 unspecified atom stereocenters. The highest BCUT2D eigenvalue weighted by Gasteiger charge is 2.52. The summed E-state index contributed by atoms with van der Waals surface area (Å²) in [5, 5.41) is 4.37. The molecule has 2 fully saturated rings. The molecule has 8 nitrogen and oxygen atoms in total. The molecule has 2 aromatic heterocycles. The molecular formula is C22H31N5O3. The maximum absolute atomic E-state index is 13.0. The second kappa shape index (κ2) is 9.68. The van der Waals surface area contributed by atoms with E-state index in [-0.39, 0.29) is 18.0 Å². The number of hydrogen-bond donors (Lipinski definition) is 0. The van der Waals surface area contributed by atoms with E-state index in [1.165, 1.54) is 5.56 Å². The van der Waals surface area contributed by atoms with E-state index in [0.717, 1.165) is 44.6 Å². The standard InChI is InChI=1S/C22H31N5O3/c1-3-26-16-17(14-24-26)15-25-10-6-19(7-11-25)27-20(18-4-8-23-9-5-18)21(22(27)28)30-13-12-29-2/h4-5,8-9,14,16,19-21H,3,6-7,10-13,15H2,1-2H3/t20-,21+/m0/s1. The maximum atomic E-state index is 13.0. The van der Waals surface area contributed by atoms with Gasteiger partial charge >= 0.3 is 0 Å². The van der Waals surface area contributed by atoms with Crippen molar-refractivity contribution < 1.29 is 14.3 Å². The predicted molar refractivity (Wildman–Crippen MR) is 112 cm³/mol. The summed E-state index contributed by atoms with van der Waals surface area (Å²) in [6.45, 7) is 6.76. The maximum Gasteiger partial charge on any atom is 0.255 e. The van der Waals surface area contributed by atoms with Crippen molar-refractivity contribution in [2.45, 2.75) is 51.0 Å². The van der Waals surface area contributed by atoms with Crippen LogP contribution in [0.25, 0.3) is 0 Å². The highest BCUT2D eigenvalue weighted by molar-refractivity contribution is 5.89. The average Bonchev–Trinajstić information content (AvgIpc) is 3.24. The van der Waals surface area contributed by atoms with Crippen molar-refractivity contribution in [2.24, 2.45) is 0 Å². The average molecular weight is 414 g/mol. The molecule has 4 rings (SSSR count). The van der Waals surface area contributed by atoms with Crippen molar-refractivity contribution in [3.8, 4) is 0 Å². The quantitative estimate of drug-likeness (QED) is 0.462. The molecule has 0 aromatic carbocycles. The molecule has 30 heavy (non-hydrogen) atoms. The van der Waals surface area contributed by atoms with E-state index >= 15 is 0 Å². The number of hydrogen-bond acceptors (Lipinski definition) is 6. The lowest BCUT2D eigenvalue weighted by Crippen LogP contribution is -2.64. The molecule has 4 heterocycles. The summed E-state index contributed by atoms with van der Waals surface area (Å²) >= 11 is 0. The number of pyridine rings is 1. The van der Waals surface area contributed by atoms with Gasteiger partial charge in [0.15, 0.2) is 6.10 Å². The molecule has 0 saturated carbocycles. The predicted octanol–water partition coefficient (Wildman–Crippen LogP) is 1.88. The second-order valence-electron chi connectivity index (χ2n) is 7.97. The molecule has 2 aliphatic rings. The third kappa shape index (κ3) is 4.40. The third-order valence-corrected chi connectivity index (χ3v) is 6.08. The summed E-state index contributed by atoms with van der Waals surface area (Å²) in [5.74, 6) is 0.0931. The fourth-order valence-corrected chi connectivity index (χ4v) is 4.48. The van der Waals surface area contributed by atoms with Crippen LogP contribution in [0, 0.1) is 0 Å². The van der Waals surface area contributed by atoms with E-state index < -0.39 is 6.10 Å². The van der Waals surface area contributed by atoms with Crippen molar-refractivity contribution in [3.05, 3.63) is 48.0 Å². The van der Waals surface area contributed by atoms with Crippen molar-refractivity contribution in [2.75, 3.05) is 33.4 Å². The first-order valence-corrected chi connectivity index (χ1v) is 10.8. The van der Waals surface area contributed by atoms with Crippen LogP contribution in [0.2, 0.25) is 0 Å². The Bertz CT molecular complexity index is 819. The number of ether oxygens (including phenoxy) is 2. The molecule has 8 heteroatoms. The summed E-state index contributed by atoms with van der Waals surface area (Å²) < 4.78 is 12.9. The van der Waals surface area contributed by atoms with Gasteiger partial charge in [0.05, 0.1) is 25.5 Å². The van der Waals surface area contributed by atoms with Crippen LogP contribution in [0.5, 0.6) is 0 Å². The van der Waals surface area contributed by atoms with Gasteiger partial charge in [-0.05, 0) is 37.5 Å². The minimum Gasteiger partial charge on any atom is -0.382 e. The SMILES string of the molecule is CCn1cc(CN2CCC(N3C(=O)[C@H](OCCOC)[C@@H]3c3ccncc3)CC2)cn1. The van der Waals surface area contributed by atoms with Crippen molar-refractivity contribution in [1.82, 2.24) is 24.6 Å². The molecule has 0 aliphatic carbocycles. The van der Waals surface area contributed by atoms with Gasteiger partial charge in [0.1, 0.15) is 0 Å². The van der Waals surface area contributed by atoms with Crippen LogP contribution in [0.4, 0.5) is 0 Å². The highest BCUT2D eigenvalue weighted by Crippen LogP contribution is 2.40. The van der Waals surface area contributed by atoms with Crippen LogP contribution in [0.1, 0.15) is 36.9 Å². The normalized spacial score (nSPS) is 23.0. The fourth-order valence-electron chi connectivity index (χ4n) is 4.48. The fraction of sp³-hybridized carbons (Fsp3) is 0.591. The van der Waals surface area contributed by atoms with Crippen LogP contribution < -0.4 is 0 Å². The molecule has 0 spiro atoms.